The number of carbonyl (C=O) groups excluding carboxylic acids is 2. The molecule has 0 saturated heterocycles. The third-order valence-electron chi connectivity index (χ3n) is 5.63. The van der Waals surface area contributed by atoms with Crippen LogP contribution in [0.15, 0.2) is 88.2 Å². The van der Waals surface area contributed by atoms with Gasteiger partial charge in [-0.25, -0.2) is 8.42 Å². The molecule has 3 rings (SSSR count). The number of hydrogen-bond donors (Lipinski definition) is 1. The summed E-state index contributed by atoms with van der Waals surface area (Å²) in [6.07, 6.45) is 0. The van der Waals surface area contributed by atoms with Crippen LogP contribution in [0.4, 0.5) is 5.69 Å². The van der Waals surface area contributed by atoms with Crippen LogP contribution < -0.4 is 14.4 Å². The van der Waals surface area contributed by atoms with E-state index in [0.717, 1.165) is 9.87 Å². The normalized spacial score (nSPS) is 11.9. The molecule has 190 valence electrons. The number of ether oxygens (including phenoxy) is 1. The number of nitrogens with zero attached hydrogens (tertiary/aromatic N) is 2. The van der Waals surface area contributed by atoms with Gasteiger partial charge in [0, 0.05) is 18.1 Å². The van der Waals surface area contributed by atoms with E-state index in [0.29, 0.717) is 15.9 Å². The largest absolute Gasteiger partial charge is 0.497 e. The minimum atomic E-state index is -4.08. The molecule has 3 aromatic carbocycles. The second-order valence-electron chi connectivity index (χ2n) is 7.96. The van der Waals surface area contributed by atoms with Crippen molar-refractivity contribution in [3.05, 3.63) is 88.9 Å². The maximum atomic E-state index is 13.7. The van der Waals surface area contributed by atoms with E-state index in [1.165, 1.54) is 24.1 Å². The number of amides is 2. The molecule has 3 aromatic rings. The van der Waals surface area contributed by atoms with Crippen LogP contribution in [-0.4, -0.2) is 51.9 Å². The molecule has 0 fully saturated rings. The number of anilines is 1. The quantitative estimate of drug-likeness (QED) is 0.398. The number of sulfonamides is 1. The molecule has 1 N–H and O–H groups in total. The van der Waals surface area contributed by atoms with Crippen LogP contribution in [0.1, 0.15) is 12.5 Å². The highest BCUT2D eigenvalue weighted by Crippen LogP contribution is 2.27. The molecule has 1 atom stereocenters. The van der Waals surface area contributed by atoms with Gasteiger partial charge in [0.2, 0.25) is 11.8 Å². The van der Waals surface area contributed by atoms with E-state index in [9.17, 15) is 18.0 Å². The van der Waals surface area contributed by atoms with Crippen LogP contribution in [0.3, 0.4) is 0 Å². The first-order chi connectivity index (χ1) is 17.2. The minimum Gasteiger partial charge on any atom is -0.497 e. The highest BCUT2D eigenvalue weighted by atomic mass is 79.9. The van der Waals surface area contributed by atoms with Crippen molar-refractivity contribution in [1.29, 1.82) is 0 Å². The summed E-state index contributed by atoms with van der Waals surface area (Å²) in [4.78, 5) is 27.6. The summed E-state index contributed by atoms with van der Waals surface area (Å²) in [6, 6.07) is 20.9. The molecule has 0 saturated carbocycles. The fourth-order valence-electron chi connectivity index (χ4n) is 3.60. The summed E-state index contributed by atoms with van der Waals surface area (Å²) in [5, 5.41) is 2.56. The number of halogens is 1. The molecule has 0 aliphatic carbocycles. The number of nitrogens with one attached hydrogen (secondary N) is 1. The third kappa shape index (κ3) is 6.44. The first kappa shape index (κ1) is 27.2. The maximum absolute atomic E-state index is 13.7. The van der Waals surface area contributed by atoms with Gasteiger partial charge in [-0.1, -0.05) is 52.3 Å². The average molecular weight is 574 g/mol. The molecular weight excluding hydrogens is 546 g/mol. The first-order valence-corrected chi connectivity index (χ1v) is 13.4. The minimum absolute atomic E-state index is 0.0545. The van der Waals surface area contributed by atoms with Crippen molar-refractivity contribution in [2.24, 2.45) is 0 Å². The fourth-order valence-corrected chi connectivity index (χ4v) is 5.41. The van der Waals surface area contributed by atoms with Gasteiger partial charge in [0.15, 0.2) is 0 Å². The van der Waals surface area contributed by atoms with E-state index in [1.54, 1.807) is 80.8 Å². The molecule has 0 aromatic heterocycles. The third-order valence-corrected chi connectivity index (χ3v) is 7.91. The van der Waals surface area contributed by atoms with Crippen LogP contribution in [0.25, 0.3) is 0 Å². The van der Waals surface area contributed by atoms with Gasteiger partial charge in [0.1, 0.15) is 18.3 Å². The van der Waals surface area contributed by atoms with Gasteiger partial charge in [-0.15, -0.1) is 0 Å². The Bertz CT molecular complexity index is 1300. The Hall–Kier alpha value is -3.37. The summed E-state index contributed by atoms with van der Waals surface area (Å²) in [6.45, 7) is 1.22. The van der Waals surface area contributed by atoms with Crippen molar-refractivity contribution in [2.75, 3.05) is 25.0 Å². The van der Waals surface area contributed by atoms with Crippen molar-refractivity contribution >= 4 is 43.5 Å². The molecule has 36 heavy (non-hydrogen) atoms. The van der Waals surface area contributed by atoms with Gasteiger partial charge < -0.3 is 15.0 Å². The molecular formula is C26H28BrN3O5S. The van der Waals surface area contributed by atoms with Crippen molar-refractivity contribution in [3.8, 4) is 5.75 Å². The second kappa shape index (κ2) is 12.0. The van der Waals surface area contributed by atoms with E-state index in [-0.39, 0.29) is 17.3 Å². The molecule has 0 spiro atoms. The van der Waals surface area contributed by atoms with Crippen LogP contribution in [-0.2, 0) is 26.2 Å². The Balaban J connectivity index is 2.00. The molecule has 2 amide bonds. The number of methoxy groups -OCH3 is 1. The van der Waals surface area contributed by atoms with Crippen molar-refractivity contribution in [3.63, 3.8) is 0 Å². The Morgan fingerprint density at radius 3 is 2.25 bits per heavy atom. The standard InChI is InChI=1S/C26H28BrN3O5S/c1-19(26(32)28-2)29(17-20-12-14-23(35-3)15-13-20)25(31)18-30(22-9-7-8-21(27)16-22)36(33,34)24-10-5-4-6-11-24/h4-16,19H,17-18H2,1-3H3,(H,28,32). The van der Waals surface area contributed by atoms with Crippen molar-refractivity contribution in [2.45, 2.75) is 24.4 Å². The van der Waals surface area contributed by atoms with Gasteiger partial charge >= 0.3 is 0 Å². The lowest BCUT2D eigenvalue weighted by atomic mass is 10.1. The predicted octanol–water partition coefficient (Wildman–Crippen LogP) is 3.82. The lowest BCUT2D eigenvalue weighted by molar-refractivity contribution is -0.139. The van der Waals surface area contributed by atoms with Gasteiger partial charge in [-0.3, -0.25) is 13.9 Å². The van der Waals surface area contributed by atoms with Crippen LogP contribution >= 0.6 is 15.9 Å². The molecule has 0 aliphatic rings. The van der Waals surface area contributed by atoms with E-state index in [1.807, 2.05) is 0 Å². The number of carbonyl (C=O) groups is 2. The van der Waals surface area contributed by atoms with Gasteiger partial charge in [-0.2, -0.15) is 0 Å². The monoisotopic (exact) mass is 573 g/mol. The lowest BCUT2D eigenvalue weighted by Crippen LogP contribution is -2.50. The van der Waals surface area contributed by atoms with Gasteiger partial charge in [0.25, 0.3) is 10.0 Å². The Morgan fingerprint density at radius 1 is 1.00 bits per heavy atom. The number of hydrogen-bond acceptors (Lipinski definition) is 5. The molecule has 0 heterocycles. The van der Waals surface area contributed by atoms with Gasteiger partial charge in [0.05, 0.1) is 17.7 Å². The zero-order valence-electron chi connectivity index (χ0n) is 20.2. The SMILES string of the molecule is CNC(=O)C(C)N(Cc1ccc(OC)cc1)C(=O)CN(c1cccc(Br)c1)S(=O)(=O)c1ccccc1. The molecule has 0 bridgehead atoms. The van der Waals surface area contributed by atoms with E-state index < -0.39 is 28.5 Å². The van der Waals surface area contributed by atoms with Crippen molar-refractivity contribution < 1.29 is 22.7 Å². The summed E-state index contributed by atoms with van der Waals surface area (Å²) in [5.41, 5.74) is 1.08. The van der Waals surface area contributed by atoms with Crippen LogP contribution in [0.5, 0.6) is 5.75 Å². The first-order valence-electron chi connectivity index (χ1n) is 11.1. The second-order valence-corrected chi connectivity index (χ2v) is 10.7. The Morgan fingerprint density at radius 2 is 1.67 bits per heavy atom. The predicted molar refractivity (Wildman–Crippen MR) is 142 cm³/mol. The smallest absolute Gasteiger partial charge is 0.264 e. The summed E-state index contributed by atoms with van der Waals surface area (Å²) >= 11 is 3.38. The Kier molecular flexibility index (Phi) is 9.11. The molecule has 8 nitrogen and oxygen atoms in total. The van der Waals surface area contributed by atoms with Crippen LogP contribution in [0.2, 0.25) is 0 Å². The lowest BCUT2D eigenvalue weighted by Gasteiger charge is -2.31. The fraction of sp³-hybridized carbons (Fsp3) is 0.231. The molecule has 0 aliphatic heterocycles. The molecule has 0 radical (unpaired) electrons. The highest BCUT2D eigenvalue weighted by molar-refractivity contribution is 9.10. The topological polar surface area (TPSA) is 96.0 Å². The number of rotatable bonds is 10. The summed E-state index contributed by atoms with van der Waals surface area (Å²) in [7, 11) is -1.04. The van der Waals surface area contributed by atoms with E-state index in [2.05, 4.69) is 21.2 Å². The zero-order chi connectivity index (χ0) is 26.3. The summed E-state index contributed by atoms with van der Waals surface area (Å²) in [5.74, 6) is -0.232. The average Bonchev–Trinajstić information content (AvgIpc) is 2.90. The number of likely N-dealkylation sites (N-methyl/N-ethyl adjacent to an activating group) is 1. The summed E-state index contributed by atoms with van der Waals surface area (Å²) < 4.78 is 34.2. The Labute approximate surface area is 220 Å². The molecule has 1 unspecified atom stereocenters. The number of benzene rings is 3. The van der Waals surface area contributed by atoms with E-state index >= 15 is 0 Å². The molecule has 10 heteroatoms. The zero-order valence-corrected chi connectivity index (χ0v) is 22.6. The highest BCUT2D eigenvalue weighted by Gasteiger charge is 2.32. The maximum Gasteiger partial charge on any atom is 0.264 e. The van der Waals surface area contributed by atoms with Crippen molar-refractivity contribution in [1.82, 2.24) is 10.2 Å². The van der Waals surface area contributed by atoms with Crippen LogP contribution in [0, 0.1) is 0 Å². The van der Waals surface area contributed by atoms with Gasteiger partial charge in [-0.05, 0) is 55.0 Å². The van der Waals surface area contributed by atoms with E-state index in [4.69, 9.17) is 4.74 Å².